The Labute approximate surface area is 207 Å². The number of aromatic nitrogens is 6. The maximum Gasteiger partial charge on any atom is 0.268 e. The van der Waals surface area contributed by atoms with Crippen LogP contribution in [0.5, 0.6) is 0 Å². The Balaban J connectivity index is 1.78. The molecule has 0 spiro atoms. The van der Waals surface area contributed by atoms with Crippen LogP contribution in [0, 0.1) is 5.92 Å². The summed E-state index contributed by atoms with van der Waals surface area (Å²) >= 11 is 19.1. The number of benzene rings is 1. The molecule has 4 aromatic rings. The van der Waals surface area contributed by atoms with Crippen molar-refractivity contribution in [2.75, 3.05) is 22.5 Å². The van der Waals surface area contributed by atoms with Crippen molar-refractivity contribution in [1.29, 1.82) is 0 Å². The molecule has 34 heavy (non-hydrogen) atoms. The van der Waals surface area contributed by atoms with Crippen LogP contribution in [-0.2, 0) is 0 Å². The van der Waals surface area contributed by atoms with E-state index in [0.29, 0.717) is 5.82 Å². The van der Waals surface area contributed by atoms with Crippen molar-refractivity contribution in [3.8, 4) is 5.82 Å². The lowest BCUT2D eigenvalue weighted by atomic mass is 10.1. The summed E-state index contributed by atoms with van der Waals surface area (Å²) in [6.45, 7) is 0. The SMILES string of the molecule is Nc1cnc(-n2c(C(Nc3nc(N)nc(N)c3Cl)C3CC3)nc3c(Cl)ccc(Cl)c3c2=O)cn1. The van der Waals surface area contributed by atoms with Gasteiger partial charge in [0.1, 0.15) is 22.5 Å². The Morgan fingerprint density at radius 1 is 1.00 bits per heavy atom. The lowest BCUT2D eigenvalue weighted by molar-refractivity contribution is 0.605. The maximum absolute atomic E-state index is 13.7. The minimum Gasteiger partial charge on any atom is -0.382 e. The molecule has 3 aromatic heterocycles. The minimum absolute atomic E-state index is 0.0225. The van der Waals surface area contributed by atoms with Gasteiger partial charge in [-0.3, -0.25) is 4.79 Å². The summed E-state index contributed by atoms with van der Waals surface area (Å²) < 4.78 is 1.33. The lowest BCUT2D eigenvalue weighted by Crippen LogP contribution is -2.30. The molecule has 0 bridgehead atoms. The van der Waals surface area contributed by atoms with Crippen LogP contribution in [0.15, 0.2) is 29.3 Å². The van der Waals surface area contributed by atoms with Gasteiger partial charge in [0.15, 0.2) is 11.6 Å². The third-order valence-corrected chi connectivity index (χ3v) is 6.39. The summed E-state index contributed by atoms with van der Waals surface area (Å²) in [5.74, 6) is 1.00. The fraction of sp³-hybridized carbons (Fsp3) is 0.200. The van der Waals surface area contributed by atoms with Gasteiger partial charge in [-0.1, -0.05) is 34.8 Å². The number of nitrogens with zero attached hydrogens (tertiary/aromatic N) is 6. The Kier molecular flexibility index (Phi) is 5.54. The highest BCUT2D eigenvalue weighted by atomic mass is 35.5. The molecule has 174 valence electrons. The quantitative estimate of drug-likeness (QED) is 0.306. The Hall–Kier alpha value is -3.41. The van der Waals surface area contributed by atoms with E-state index in [2.05, 4.69) is 25.3 Å². The van der Waals surface area contributed by atoms with E-state index in [1.54, 1.807) is 6.07 Å². The van der Waals surface area contributed by atoms with Gasteiger partial charge in [-0.05, 0) is 30.9 Å². The second kappa shape index (κ2) is 8.42. The number of nitrogen functional groups attached to an aromatic ring is 3. The van der Waals surface area contributed by atoms with Crippen LogP contribution < -0.4 is 28.1 Å². The second-order valence-electron chi connectivity index (χ2n) is 7.75. The van der Waals surface area contributed by atoms with Gasteiger partial charge in [0.2, 0.25) is 5.95 Å². The van der Waals surface area contributed by atoms with E-state index in [0.717, 1.165) is 12.8 Å². The van der Waals surface area contributed by atoms with Crippen molar-refractivity contribution < 1.29 is 0 Å². The molecule has 1 aliphatic carbocycles. The minimum atomic E-state index is -0.530. The number of halogens is 3. The average molecular weight is 520 g/mol. The summed E-state index contributed by atoms with van der Waals surface area (Å²) in [4.78, 5) is 34.9. The molecule has 1 saturated carbocycles. The molecule has 11 nitrogen and oxygen atoms in total. The van der Waals surface area contributed by atoms with Gasteiger partial charge in [-0.15, -0.1) is 0 Å². The molecule has 7 N–H and O–H groups in total. The van der Waals surface area contributed by atoms with Crippen LogP contribution in [0.4, 0.5) is 23.4 Å². The van der Waals surface area contributed by atoms with E-state index in [9.17, 15) is 4.79 Å². The summed E-state index contributed by atoms with van der Waals surface area (Å²) in [6, 6.07) is 2.59. The molecule has 0 amide bonds. The fourth-order valence-corrected chi connectivity index (χ4v) is 4.23. The molecule has 1 atom stereocenters. The molecule has 0 radical (unpaired) electrons. The third-order valence-electron chi connectivity index (χ3n) is 5.40. The van der Waals surface area contributed by atoms with Crippen LogP contribution >= 0.6 is 34.8 Å². The predicted octanol–water partition coefficient (Wildman–Crippen LogP) is 3.24. The molecule has 0 aliphatic heterocycles. The first-order valence-corrected chi connectivity index (χ1v) is 11.2. The molecular weight excluding hydrogens is 503 g/mol. The van der Waals surface area contributed by atoms with Crippen molar-refractivity contribution in [3.63, 3.8) is 0 Å². The molecule has 3 heterocycles. The average Bonchev–Trinajstić information content (AvgIpc) is 3.63. The number of hydrogen-bond donors (Lipinski definition) is 4. The number of anilines is 4. The fourth-order valence-electron chi connectivity index (χ4n) is 3.66. The van der Waals surface area contributed by atoms with Gasteiger partial charge < -0.3 is 22.5 Å². The summed E-state index contributed by atoms with van der Waals surface area (Å²) in [5.41, 5.74) is 17.1. The first-order chi connectivity index (χ1) is 16.2. The second-order valence-corrected chi connectivity index (χ2v) is 8.94. The van der Waals surface area contributed by atoms with Crippen molar-refractivity contribution in [3.05, 3.63) is 55.8 Å². The van der Waals surface area contributed by atoms with Crippen LogP contribution in [-0.4, -0.2) is 29.5 Å². The van der Waals surface area contributed by atoms with Crippen LogP contribution in [0.1, 0.15) is 24.7 Å². The maximum atomic E-state index is 13.7. The van der Waals surface area contributed by atoms with Gasteiger partial charge in [-0.25, -0.2) is 19.5 Å². The summed E-state index contributed by atoms with van der Waals surface area (Å²) in [6.07, 6.45) is 4.47. The third kappa shape index (κ3) is 3.91. The Bertz CT molecular complexity index is 1490. The van der Waals surface area contributed by atoms with Crippen LogP contribution in [0.3, 0.4) is 0 Å². The first-order valence-electron chi connectivity index (χ1n) is 10.1. The number of rotatable bonds is 5. The van der Waals surface area contributed by atoms with Crippen LogP contribution in [0.2, 0.25) is 15.1 Å². The number of hydrogen-bond acceptors (Lipinski definition) is 10. The van der Waals surface area contributed by atoms with Gasteiger partial charge in [0.25, 0.3) is 5.56 Å². The van der Waals surface area contributed by atoms with E-state index in [-0.39, 0.29) is 61.1 Å². The Morgan fingerprint density at radius 2 is 1.74 bits per heavy atom. The zero-order chi connectivity index (χ0) is 24.1. The van der Waals surface area contributed by atoms with E-state index in [4.69, 9.17) is 57.0 Å². The normalized spacial score (nSPS) is 14.3. The number of fused-ring (bicyclic) bond motifs is 1. The Morgan fingerprint density at radius 3 is 2.41 bits per heavy atom. The standard InChI is InChI=1S/C20H17Cl3N10O/c21-8-3-4-9(22)15-12(8)19(34)33(11-6-27-10(24)5-28-11)18(30-15)14(7-1-2-7)29-17-13(23)16(25)31-20(26)32-17/h3-7,14H,1-2H2,(H2,24,27)(H5,25,26,29,31,32). The molecule has 1 fully saturated rings. The highest BCUT2D eigenvalue weighted by Crippen LogP contribution is 2.44. The summed E-state index contributed by atoms with van der Waals surface area (Å²) in [5, 5.41) is 3.97. The molecule has 14 heteroatoms. The van der Waals surface area contributed by atoms with Gasteiger partial charge in [0.05, 0.1) is 39.4 Å². The van der Waals surface area contributed by atoms with E-state index >= 15 is 0 Å². The highest BCUT2D eigenvalue weighted by Gasteiger charge is 2.37. The molecule has 1 aliphatic rings. The van der Waals surface area contributed by atoms with E-state index in [1.807, 2.05) is 0 Å². The van der Waals surface area contributed by atoms with Gasteiger partial charge >= 0.3 is 0 Å². The molecule has 1 aromatic carbocycles. The molecule has 5 rings (SSSR count). The number of nitrogens with two attached hydrogens (primary N) is 3. The van der Waals surface area contributed by atoms with Gasteiger partial charge in [-0.2, -0.15) is 9.97 Å². The largest absolute Gasteiger partial charge is 0.382 e. The van der Waals surface area contributed by atoms with Crippen molar-refractivity contribution >= 4 is 69.1 Å². The molecule has 1 unspecified atom stereocenters. The van der Waals surface area contributed by atoms with Crippen molar-refractivity contribution in [1.82, 2.24) is 29.5 Å². The zero-order valence-electron chi connectivity index (χ0n) is 17.3. The number of nitrogens with one attached hydrogen (secondary N) is 1. The van der Waals surface area contributed by atoms with Crippen molar-refractivity contribution in [2.45, 2.75) is 18.9 Å². The first kappa shape index (κ1) is 22.4. The highest BCUT2D eigenvalue weighted by molar-refractivity contribution is 6.39. The van der Waals surface area contributed by atoms with E-state index < -0.39 is 11.6 Å². The van der Waals surface area contributed by atoms with Gasteiger partial charge in [0, 0.05) is 0 Å². The summed E-state index contributed by atoms with van der Waals surface area (Å²) in [7, 11) is 0. The smallest absolute Gasteiger partial charge is 0.268 e. The van der Waals surface area contributed by atoms with Crippen LogP contribution in [0.25, 0.3) is 16.7 Å². The monoisotopic (exact) mass is 518 g/mol. The lowest BCUT2D eigenvalue weighted by Gasteiger charge is -2.23. The predicted molar refractivity (Wildman–Crippen MR) is 132 cm³/mol. The molecule has 0 saturated heterocycles. The molecular formula is C20H17Cl3N10O. The topological polar surface area (TPSA) is 177 Å². The van der Waals surface area contributed by atoms with E-state index in [1.165, 1.54) is 23.0 Å². The zero-order valence-corrected chi connectivity index (χ0v) is 19.6. The van der Waals surface area contributed by atoms with Crippen molar-refractivity contribution in [2.24, 2.45) is 5.92 Å².